The second-order valence-corrected chi connectivity index (χ2v) is 4.02. The molecule has 21 heavy (non-hydrogen) atoms. The van der Waals surface area contributed by atoms with Crippen LogP contribution in [0.25, 0.3) is 5.82 Å². The molecule has 7 nitrogen and oxygen atoms in total. The van der Waals surface area contributed by atoms with Gasteiger partial charge in [-0.25, -0.2) is 19.3 Å². The third-order valence-corrected chi connectivity index (χ3v) is 2.59. The van der Waals surface area contributed by atoms with Crippen molar-refractivity contribution in [1.82, 2.24) is 14.8 Å². The first kappa shape index (κ1) is 14.7. The quantitative estimate of drug-likeness (QED) is 0.778. The Balaban J connectivity index is 2.15. The van der Waals surface area contributed by atoms with Crippen LogP contribution in [0, 0.1) is 0 Å². The highest BCUT2D eigenvalue weighted by atomic mass is 16.5. The molecule has 2 heterocycles. The minimum Gasteiger partial charge on any atom is -0.462 e. The molecule has 2 rings (SSSR count). The normalized spacial score (nSPS) is 10.2. The number of hydrogen-bond acceptors (Lipinski definition) is 6. The predicted molar refractivity (Wildman–Crippen MR) is 73.3 cm³/mol. The zero-order valence-corrected chi connectivity index (χ0v) is 11.8. The highest BCUT2D eigenvalue weighted by Gasteiger charge is 2.11. The summed E-state index contributed by atoms with van der Waals surface area (Å²) in [6, 6.07) is 3.21. The molecule has 0 fully saturated rings. The van der Waals surface area contributed by atoms with Crippen molar-refractivity contribution in [2.24, 2.45) is 0 Å². The minimum atomic E-state index is -0.438. The Labute approximate surface area is 121 Å². The SMILES string of the molecule is CCOC(=O)c1ccc(-n2cc(C(=O)OCC)cn2)nc1. The maximum atomic E-state index is 11.5. The molecule has 0 saturated carbocycles. The summed E-state index contributed by atoms with van der Waals surface area (Å²) >= 11 is 0. The van der Waals surface area contributed by atoms with Gasteiger partial charge in [0.2, 0.25) is 0 Å². The molecular formula is C14H15N3O4. The van der Waals surface area contributed by atoms with Gasteiger partial charge in [0, 0.05) is 12.4 Å². The summed E-state index contributed by atoms with van der Waals surface area (Å²) < 4.78 is 11.2. The number of carbonyl (C=O) groups excluding carboxylic acids is 2. The molecule has 110 valence electrons. The molecule has 0 bridgehead atoms. The van der Waals surface area contributed by atoms with Crippen molar-refractivity contribution >= 4 is 11.9 Å². The lowest BCUT2D eigenvalue weighted by atomic mass is 10.3. The summed E-state index contributed by atoms with van der Waals surface area (Å²) in [4.78, 5) is 27.2. The summed E-state index contributed by atoms with van der Waals surface area (Å²) in [5.74, 6) is -0.380. The Morgan fingerprint density at radius 1 is 1.05 bits per heavy atom. The highest BCUT2D eigenvalue weighted by Crippen LogP contribution is 2.09. The van der Waals surface area contributed by atoms with Crippen molar-refractivity contribution < 1.29 is 19.1 Å². The van der Waals surface area contributed by atoms with Gasteiger partial charge in [0.25, 0.3) is 0 Å². The Morgan fingerprint density at radius 3 is 2.29 bits per heavy atom. The molecule has 0 radical (unpaired) electrons. The topological polar surface area (TPSA) is 83.3 Å². The van der Waals surface area contributed by atoms with Gasteiger partial charge in [-0.1, -0.05) is 0 Å². The standard InChI is InChI=1S/C14H15N3O4/c1-3-20-13(18)10-5-6-12(15-7-10)17-9-11(8-16-17)14(19)21-4-2/h5-9H,3-4H2,1-2H3. The zero-order chi connectivity index (χ0) is 15.2. The summed E-state index contributed by atoms with van der Waals surface area (Å²) in [5.41, 5.74) is 0.700. The van der Waals surface area contributed by atoms with E-state index in [9.17, 15) is 9.59 Å². The first-order valence-corrected chi connectivity index (χ1v) is 6.51. The van der Waals surface area contributed by atoms with Crippen molar-refractivity contribution in [1.29, 1.82) is 0 Å². The van der Waals surface area contributed by atoms with E-state index >= 15 is 0 Å². The van der Waals surface area contributed by atoms with Crippen molar-refractivity contribution in [3.63, 3.8) is 0 Å². The molecule has 7 heteroatoms. The molecule has 0 aliphatic carbocycles. The zero-order valence-electron chi connectivity index (χ0n) is 11.8. The van der Waals surface area contributed by atoms with Crippen LogP contribution >= 0.6 is 0 Å². The van der Waals surface area contributed by atoms with Gasteiger partial charge in [-0.05, 0) is 26.0 Å². The maximum absolute atomic E-state index is 11.5. The van der Waals surface area contributed by atoms with Crippen molar-refractivity contribution in [2.45, 2.75) is 13.8 Å². The van der Waals surface area contributed by atoms with Gasteiger partial charge < -0.3 is 9.47 Å². The van der Waals surface area contributed by atoms with E-state index in [-0.39, 0.29) is 0 Å². The van der Waals surface area contributed by atoms with Crippen LogP contribution in [-0.2, 0) is 9.47 Å². The molecule has 0 unspecified atom stereocenters. The lowest BCUT2D eigenvalue weighted by Crippen LogP contribution is -2.06. The van der Waals surface area contributed by atoms with E-state index in [1.54, 1.807) is 26.0 Å². The summed E-state index contributed by atoms with van der Waals surface area (Å²) in [6.45, 7) is 4.08. The van der Waals surface area contributed by atoms with Crippen molar-refractivity contribution in [2.75, 3.05) is 13.2 Å². The van der Waals surface area contributed by atoms with Crippen LogP contribution in [0.5, 0.6) is 0 Å². The van der Waals surface area contributed by atoms with Gasteiger partial charge in [-0.2, -0.15) is 5.10 Å². The number of ether oxygens (including phenoxy) is 2. The molecule has 0 aliphatic rings. The fraction of sp³-hybridized carbons (Fsp3) is 0.286. The minimum absolute atomic E-state index is 0.302. The Morgan fingerprint density at radius 2 is 1.71 bits per heavy atom. The average Bonchev–Trinajstić information content (AvgIpc) is 2.98. The van der Waals surface area contributed by atoms with Gasteiger partial charge in [0.15, 0.2) is 5.82 Å². The summed E-state index contributed by atoms with van der Waals surface area (Å²) in [5, 5.41) is 4.04. The molecule has 2 aromatic rings. The molecular weight excluding hydrogens is 274 g/mol. The van der Waals surface area contributed by atoms with Crippen LogP contribution in [0.3, 0.4) is 0 Å². The smallest absolute Gasteiger partial charge is 0.341 e. The molecule has 0 aliphatic heterocycles. The number of carbonyl (C=O) groups is 2. The van der Waals surface area contributed by atoms with Crippen LogP contribution in [0.4, 0.5) is 0 Å². The lowest BCUT2D eigenvalue weighted by molar-refractivity contribution is 0.0516. The van der Waals surface area contributed by atoms with Crippen LogP contribution in [0.15, 0.2) is 30.7 Å². The lowest BCUT2D eigenvalue weighted by Gasteiger charge is -2.03. The number of pyridine rings is 1. The van der Waals surface area contributed by atoms with Crippen molar-refractivity contribution in [3.05, 3.63) is 41.9 Å². The second kappa shape index (κ2) is 6.65. The van der Waals surface area contributed by atoms with Gasteiger partial charge in [-0.15, -0.1) is 0 Å². The number of esters is 2. The van der Waals surface area contributed by atoms with E-state index in [2.05, 4.69) is 10.1 Å². The maximum Gasteiger partial charge on any atom is 0.341 e. The molecule has 0 N–H and O–H groups in total. The molecule has 0 spiro atoms. The first-order chi connectivity index (χ1) is 10.2. The molecule has 0 aromatic carbocycles. The Kier molecular flexibility index (Phi) is 4.65. The third kappa shape index (κ3) is 3.44. The molecule has 0 amide bonds. The third-order valence-electron chi connectivity index (χ3n) is 2.59. The van der Waals surface area contributed by atoms with Crippen LogP contribution in [-0.4, -0.2) is 39.9 Å². The van der Waals surface area contributed by atoms with E-state index in [1.807, 2.05) is 0 Å². The van der Waals surface area contributed by atoms with E-state index in [4.69, 9.17) is 9.47 Å². The highest BCUT2D eigenvalue weighted by molar-refractivity contribution is 5.89. The van der Waals surface area contributed by atoms with Gasteiger partial charge in [0.1, 0.15) is 0 Å². The Hall–Kier alpha value is -2.70. The first-order valence-electron chi connectivity index (χ1n) is 6.51. The largest absolute Gasteiger partial charge is 0.462 e. The predicted octanol–water partition coefficient (Wildman–Crippen LogP) is 1.62. The number of nitrogens with zero attached hydrogens (tertiary/aromatic N) is 3. The van der Waals surface area contributed by atoms with Gasteiger partial charge in [-0.3, -0.25) is 0 Å². The van der Waals surface area contributed by atoms with Crippen molar-refractivity contribution in [3.8, 4) is 5.82 Å². The number of rotatable bonds is 5. The fourth-order valence-electron chi connectivity index (χ4n) is 1.62. The molecule has 0 atom stereocenters. The van der Waals surface area contributed by atoms with E-state index in [0.29, 0.717) is 30.2 Å². The molecule has 0 saturated heterocycles. The average molecular weight is 289 g/mol. The molecule has 2 aromatic heterocycles. The fourth-order valence-corrected chi connectivity index (χ4v) is 1.62. The summed E-state index contributed by atoms with van der Waals surface area (Å²) in [6.07, 6.45) is 4.32. The second-order valence-electron chi connectivity index (χ2n) is 4.02. The number of hydrogen-bond donors (Lipinski definition) is 0. The van der Waals surface area contributed by atoms with E-state index in [0.717, 1.165) is 0 Å². The number of aromatic nitrogens is 3. The van der Waals surface area contributed by atoms with Gasteiger partial charge in [0.05, 0.1) is 30.5 Å². The Bertz CT molecular complexity index is 634. The van der Waals surface area contributed by atoms with Gasteiger partial charge >= 0.3 is 11.9 Å². The van der Waals surface area contributed by atoms with E-state index < -0.39 is 11.9 Å². The van der Waals surface area contributed by atoms with Crippen LogP contribution < -0.4 is 0 Å². The summed E-state index contributed by atoms with van der Waals surface area (Å²) in [7, 11) is 0. The van der Waals surface area contributed by atoms with E-state index in [1.165, 1.54) is 23.3 Å². The monoisotopic (exact) mass is 289 g/mol. The van der Waals surface area contributed by atoms with Crippen LogP contribution in [0.1, 0.15) is 34.6 Å². The van der Waals surface area contributed by atoms with Crippen LogP contribution in [0.2, 0.25) is 0 Å².